The summed E-state index contributed by atoms with van der Waals surface area (Å²) >= 11 is 0. The SMILES string of the molecule is Cc1n[nH]c(=O)c(-c2ccccc2)n1. The van der Waals surface area contributed by atoms with Crippen LogP contribution in [0.3, 0.4) is 0 Å². The highest BCUT2D eigenvalue weighted by molar-refractivity contribution is 5.57. The van der Waals surface area contributed by atoms with E-state index in [1.165, 1.54) is 0 Å². The standard InChI is InChI=1S/C10H9N3O/c1-7-11-9(10(14)13-12-7)8-5-3-2-4-6-8/h2-6H,1H3,(H,13,14). The number of benzene rings is 1. The molecule has 1 heterocycles. The molecular formula is C10H9N3O. The lowest BCUT2D eigenvalue weighted by Gasteiger charge is -1.98. The fraction of sp³-hybridized carbons (Fsp3) is 0.100. The summed E-state index contributed by atoms with van der Waals surface area (Å²) in [6.07, 6.45) is 0. The molecule has 1 N–H and O–H groups in total. The number of rotatable bonds is 1. The molecule has 0 amide bonds. The normalized spacial score (nSPS) is 10.1. The Labute approximate surface area is 80.6 Å². The summed E-state index contributed by atoms with van der Waals surface area (Å²) < 4.78 is 0. The maximum absolute atomic E-state index is 11.4. The van der Waals surface area contributed by atoms with E-state index in [1.54, 1.807) is 6.92 Å². The lowest BCUT2D eigenvalue weighted by molar-refractivity contribution is 0.883. The third kappa shape index (κ3) is 1.54. The molecule has 4 nitrogen and oxygen atoms in total. The lowest BCUT2D eigenvalue weighted by Crippen LogP contribution is -2.14. The van der Waals surface area contributed by atoms with Crippen LogP contribution in [0.4, 0.5) is 0 Å². The molecule has 0 bridgehead atoms. The molecular weight excluding hydrogens is 178 g/mol. The molecule has 0 saturated heterocycles. The fourth-order valence-corrected chi connectivity index (χ4v) is 1.21. The Morgan fingerprint density at radius 3 is 2.64 bits per heavy atom. The van der Waals surface area contributed by atoms with Crippen LogP contribution in [0.5, 0.6) is 0 Å². The molecule has 70 valence electrons. The zero-order valence-corrected chi connectivity index (χ0v) is 7.69. The topological polar surface area (TPSA) is 58.6 Å². The minimum atomic E-state index is -0.262. The lowest BCUT2D eigenvalue weighted by atomic mass is 10.2. The molecule has 0 aliphatic heterocycles. The number of aromatic amines is 1. The van der Waals surface area contributed by atoms with E-state index in [1.807, 2.05) is 30.3 Å². The smallest absolute Gasteiger partial charge is 0.266 e. The van der Waals surface area contributed by atoms with Crippen molar-refractivity contribution in [1.29, 1.82) is 0 Å². The second-order valence-electron chi connectivity index (χ2n) is 2.93. The predicted octanol–water partition coefficient (Wildman–Crippen LogP) is 1.14. The zero-order valence-electron chi connectivity index (χ0n) is 7.69. The van der Waals surface area contributed by atoms with Crippen molar-refractivity contribution in [2.75, 3.05) is 0 Å². The van der Waals surface area contributed by atoms with E-state index in [4.69, 9.17) is 0 Å². The first-order chi connectivity index (χ1) is 6.77. The van der Waals surface area contributed by atoms with Crippen LogP contribution in [0.1, 0.15) is 5.82 Å². The zero-order chi connectivity index (χ0) is 9.97. The summed E-state index contributed by atoms with van der Waals surface area (Å²) in [5.74, 6) is 0.559. The minimum absolute atomic E-state index is 0.262. The van der Waals surface area contributed by atoms with Gasteiger partial charge in [-0.05, 0) is 6.92 Å². The van der Waals surface area contributed by atoms with Gasteiger partial charge >= 0.3 is 0 Å². The van der Waals surface area contributed by atoms with Crippen molar-refractivity contribution in [1.82, 2.24) is 15.2 Å². The van der Waals surface area contributed by atoms with Crippen LogP contribution in [-0.4, -0.2) is 15.2 Å². The second-order valence-corrected chi connectivity index (χ2v) is 2.93. The van der Waals surface area contributed by atoms with Gasteiger partial charge in [0.15, 0.2) is 0 Å². The van der Waals surface area contributed by atoms with Crippen molar-refractivity contribution in [2.45, 2.75) is 6.92 Å². The van der Waals surface area contributed by atoms with Crippen molar-refractivity contribution < 1.29 is 0 Å². The molecule has 0 unspecified atom stereocenters. The molecule has 0 aliphatic carbocycles. The van der Waals surface area contributed by atoms with E-state index in [-0.39, 0.29) is 5.56 Å². The Bertz CT molecular complexity index is 490. The average Bonchev–Trinajstić information content (AvgIpc) is 2.23. The van der Waals surface area contributed by atoms with Crippen LogP contribution >= 0.6 is 0 Å². The molecule has 1 aromatic heterocycles. The first kappa shape index (κ1) is 8.62. The van der Waals surface area contributed by atoms with Crippen LogP contribution in [0.25, 0.3) is 11.3 Å². The van der Waals surface area contributed by atoms with Gasteiger partial charge in [-0.3, -0.25) is 4.79 Å². The van der Waals surface area contributed by atoms with Gasteiger partial charge in [-0.15, -0.1) is 0 Å². The Hall–Kier alpha value is -1.97. The first-order valence-corrected chi connectivity index (χ1v) is 4.26. The monoisotopic (exact) mass is 187 g/mol. The van der Waals surface area contributed by atoms with E-state index < -0.39 is 0 Å². The summed E-state index contributed by atoms with van der Waals surface area (Å²) in [6.45, 7) is 1.74. The molecule has 0 fully saturated rings. The van der Waals surface area contributed by atoms with Crippen LogP contribution in [0.2, 0.25) is 0 Å². The molecule has 14 heavy (non-hydrogen) atoms. The average molecular weight is 187 g/mol. The summed E-state index contributed by atoms with van der Waals surface area (Å²) in [4.78, 5) is 15.5. The molecule has 0 spiro atoms. The van der Waals surface area contributed by atoms with Crippen LogP contribution < -0.4 is 5.56 Å². The van der Waals surface area contributed by atoms with Gasteiger partial charge in [-0.25, -0.2) is 10.1 Å². The predicted molar refractivity (Wildman–Crippen MR) is 52.8 cm³/mol. The van der Waals surface area contributed by atoms with Crippen LogP contribution in [0.15, 0.2) is 35.1 Å². The van der Waals surface area contributed by atoms with Gasteiger partial charge in [0.2, 0.25) is 0 Å². The third-order valence-electron chi connectivity index (χ3n) is 1.86. The van der Waals surface area contributed by atoms with Crippen molar-refractivity contribution in [3.05, 3.63) is 46.5 Å². The molecule has 0 aliphatic rings. The Balaban J connectivity index is 2.63. The number of H-pyrrole nitrogens is 1. The minimum Gasteiger partial charge on any atom is -0.266 e. The van der Waals surface area contributed by atoms with Gasteiger partial charge in [-0.2, -0.15) is 5.10 Å². The summed E-state index contributed by atoms with van der Waals surface area (Å²) in [5, 5.41) is 6.11. The number of hydrogen-bond acceptors (Lipinski definition) is 3. The first-order valence-electron chi connectivity index (χ1n) is 4.26. The van der Waals surface area contributed by atoms with Crippen molar-refractivity contribution in [2.24, 2.45) is 0 Å². The Morgan fingerprint density at radius 1 is 1.21 bits per heavy atom. The number of nitrogens with one attached hydrogen (secondary N) is 1. The van der Waals surface area contributed by atoms with Crippen LogP contribution in [0, 0.1) is 6.92 Å². The maximum Gasteiger partial charge on any atom is 0.290 e. The highest BCUT2D eigenvalue weighted by atomic mass is 16.1. The van der Waals surface area contributed by atoms with Crippen molar-refractivity contribution in [3.63, 3.8) is 0 Å². The molecule has 2 rings (SSSR count). The highest BCUT2D eigenvalue weighted by Crippen LogP contribution is 2.10. The molecule has 0 saturated carbocycles. The molecule has 2 aromatic rings. The summed E-state index contributed by atoms with van der Waals surface area (Å²) in [6, 6.07) is 9.32. The van der Waals surface area contributed by atoms with Crippen molar-refractivity contribution in [3.8, 4) is 11.3 Å². The number of nitrogens with zero attached hydrogens (tertiary/aromatic N) is 2. The summed E-state index contributed by atoms with van der Waals surface area (Å²) in [7, 11) is 0. The molecule has 1 aromatic carbocycles. The van der Waals surface area contributed by atoms with Gasteiger partial charge < -0.3 is 0 Å². The van der Waals surface area contributed by atoms with E-state index in [0.29, 0.717) is 11.5 Å². The fourth-order valence-electron chi connectivity index (χ4n) is 1.21. The van der Waals surface area contributed by atoms with E-state index in [9.17, 15) is 4.79 Å². The molecule has 4 heteroatoms. The van der Waals surface area contributed by atoms with Crippen LogP contribution in [-0.2, 0) is 0 Å². The Morgan fingerprint density at radius 2 is 1.93 bits per heavy atom. The van der Waals surface area contributed by atoms with E-state index in [2.05, 4.69) is 15.2 Å². The van der Waals surface area contributed by atoms with Gasteiger partial charge in [0.05, 0.1) is 0 Å². The Kier molecular flexibility index (Phi) is 2.10. The quantitative estimate of drug-likeness (QED) is 0.728. The third-order valence-corrected chi connectivity index (χ3v) is 1.86. The number of aryl methyl sites for hydroxylation is 1. The number of aromatic nitrogens is 3. The van der Waals surface area contributed by atoms with Gasteiger partial charge in [0, 0.05) is 5.56 Å². The van der Waals surface area contributed by atoms with Gasteiger partial charge in [0.1, 0.15) is 11.5 Å². The number of hydrogen-bond donors (Lipinski definition) is 1. The maximum atomic E-state index is 11.4. The van der Waals surface area contributed by atoms with Gasteiger partial charge in [0.25, 0.3) is 5.56 Å². The largest absolute Gasteiger partial charge is 0.290 e. The molecule has 0 radical (unpaired) electrons. The van der Waals surface area contributed by atoms with E-state index in [0.717, 1.165) is 5.56 Å². The highest BCUT2D eigenvalue weighted by Gasteiger charge is 2.04. The second kappa shape index (κ2) is 3.41. The van der Waals surface area contributed by atoms with Gasteiger partial charge in [-0.1, -0.05) is 30.3 Å². The molecule has 0 atom stereocenters. The van der Waals surface area contributed by atoms with E-state index >= 15 is 0 Å². The summed E-state index contributed by atoms with van der Waals surface area (Å²) in [5.41, 5.74) is 0.958. The van der Waals surface area contributed by atoms with Crippen molar-refractivity contribution >= 4 is 0 Å².